The van der Waals surface area contributed by atoms with Gasteiger partial charge >= 0.3 is 0 Å². The minimum absolute atomic E-state index is 0.0803. The number of amides is 2. The highest BCUT2D eigenvalue weighted by Crippen LogP contribution is 2.19. The van der Waals surface area contributed by atoms with Crippen LogP contribution < -0.4 is 10.6 Å². The number of hydrogen-bond acceptors (Lipinski definition) is 2. The number of rotatable bonds is 5. The summed E-state index contributed by atoms with van der Waals surface area (Å²) in [5.41, 5.74) is 0.356. The molecule has 0 saturated heterocycles. The van der Waals surface area contributed by atoms with Crippen LogP contribution in [0.2, 0.25) is 5.02 Å². The molecule has 0 spiro atoms. The van der Waals surface area contributed by atoms with E-state index >= 15 is 0 Å². The second kappa shape index (κ2) is 6.96. The van der Waals surface area contributed by atoms with Crippen LogP contribution in [0, 0.1) is 5.82 Å². The first kappa shape index (κ1) is 14.4. The molecule has 6 heteroatoms. The van der Waals surface area contributed by atoms with Crippen molar-refractivity contribution in [2.24, 2.45) is 0 Å². The molecule has 0 fully saturated rings. The van der Waals surface area contributed by atoms with Crippen LogP contribution in [0.4, 0.5) is 10.1 Å². The van der Waals surface area contributed by atoms with E-state index in [0.717, 1.165) is 12.5 Å². The largest absolute Gasteiger partial charge is 0.356 e. The molecule has 18 heavy (non-hydrogen) atoms. The molecule has 0 saturated carbocycles. The van der Waals surface area contributed by atoms with Crippen LogP contribution in [0.25, 0.3) is 0 Å². The van der Waals surface area contributed by atoms with E-state index in [0.29, 0.717) is 12.2 Å². The van der Waals surface area contributed by atoms with E-state index in [1.165, 1.54) is 12.1 Å². The van der Waals surface area contributed by atoms with Gasteiger partial charge in [0.2, 0.25) is 11.8 Å². The molecule has 0 aliphatic carbocycles. The van der Waals surface area contributed by atoms with Gasteiger partial charge in [-0.1, -0.05) is 18.5 Å². The number of halogens is 2. The molecule has 0 aromatic heterocycles. The first-order valence-electron chi connectivity index (χ1n) is 5.54. The van der Waals surface area contributed by atoms with Crippen molar-refractivity contribution in [2.75, 3.05) is 11.9 Å². The molecule has 0 bridgehead atoms. The Morgan fingerprint density at radius 2 is 2.06 bits per heavy atom. The topological polar surface area (TPSA) is 58.2 Å². The van der Waals surface area contributed by atoms with Crippen molar-refractivity contribution in [3.63, 3.8) is 0 Å². The van der Waals surface area contributed by atoms with Crippen LogP contribution >= 0.6 is 11.6 Å². The van der Waals surface area contributed by atoms with E-state index in [9.17, 15) is 14.0 Å². The highest BCUT2D eigenvalue weighted by molar-refractivity contribution is 6.31. The Hall–Kier alpha value is -1.62. The van der Waals surface area contributed by atoms with Gasteiger partial charge in [-0.2, -0.15) is 0 Å². The maximum atomic E-state index is 12.9. The summed E-state index contributed by atoms with van der Waals surface area (Å²) in [5.74, 6) is -1.37. The summed E-state index contributed by atoms with van der Waals surface area (Å²) < 4.78 is 12.9. The lowest BCUT2D eigenvalue weighted by Crippen LogP contribution is -2.28. The number of hydrogen-bond donors (Lipinski definition) is 2. The van der Waals surface area contributed by atoms with Crippen molar-refractivity contribution in [1.29, 1.82) is 0 Å². The highest BCUT2D eigenvalue weighted by Gasteiger charge is 2.09. The minimum atomic E-state index is -0.560. The van der Waals surface area contributed by atoms with Crippen molar-refractivity contribution in [3.8, 4) is 0 Å². The van der Waals surface area contributed by atoms with Crippen LogP contribution in [0.3, 0.4) is 0 Å². The van der Waals surface area contributed by atoms with Crippen molar-refractivity contribution in [2.45, 2.75) is 19.8 Å². The molecular formula is C12H14ClFN2O2. The lowest BCUT2D eigenvalue weighted by molar-refractivity contribution is -0.126. The standard InChI is InChI=1S/C12H14ClFN2O2/c1-2-5-15-11(17)7-12(18)16-8-3-4-10(14)9(13)6-8/h3-4,6H,2,5,7H2,1H3,(H,15,17)(H,16,18). The highest BCUT2D eigenvalue weighted by atomic mass is 35.5. The number of anilines is 1. The maximum absolute atomic E-state index is 12.9. The van der Waals surface area contributed by atoms with E-state index in [1.807, 2.05) is 6.92 Å². The van der Waals surface area contributed by atoms with E-state index in [-0.39, 0.29) is 17.4 Å². The second-order valence-corrected chi connectivity index (χ2v) is 4.11. The van der Waals surface area contributed by atoms with Gasteiger partial charge in [-0.15, -0.1) is 0 Å². The van der Waals surface area contributed by atoms with E-state index in [2.05, 4.69) is 10.6 Å². The molecule has 0 radical (unpaired) electrons. The summed E-state index contributed by atoms with van der Waals surface area (Å²) in [6, 6.07) is 3.82. The molecule has 1 aromatic rings. The van der Waals surface area contributed by atoms with Gasteiger partial charge in [0, 0.05) is 12.2 Å². The average Bonchev–Trinajstić information content (AvgIpc) is 2.31. The summed E-state index contributed by atoms with van der Waals surface area (Å²) >= 11 is 5.57. The van der Waals surface area contributed by atoms with Gasteiger partial charge in [0.05, 0.1) is 5.02 Å². The van der Waals surface area contributed by atoms with Gasteiger partial charge in [-0.05, 0) is 24.6 Å². The van der Waals surface area contributed by atoms with Gasteiger partial charge in [-0.25, -0.2) is 4.39 Å². The molecule has 0 atom stereocenters. The average molecular weight is 273 g/mol. The molecule has 0 aliphatic rings. The number of nitrogens with one attached hydrogen (secondary N) is 2. The zero-order valence-corrected chi connectivity index (χ0v) is 10.7. The minimum Gasteiger partial charge on any atom is -0.356 e. The van der Waals surface area contributed by atoms with Crippen LogP contribution in [-0.2, 0) is 9.59 Å². The Morgan fingerprint density at radius 1 is 1.33 bits per heavy atom. The van der Waals surface area contributed by atoms with E-state index < -0.39 is 11.7 Å². The fraction of sp³-hybridized carbons (Fsp3) is 0.333. The first-order valence-corrected chi connectivity index (χ1v) is 5.92. The number of carbonyl (C=O) groups excluding carboxylic acids is 2. The quantitative estimate of drug-likeness (QED) is 0.808. The van der Waals surface area contributed by atoms with Crippen LogP contribution in [-0.4, -0.2) is 18.4 Å². The van der Waals surface area contributed by atoms with Gasteiger partial charge in [-0.3, -0.25) is 9.59 Å². The normalized spacial score (nSPS) is 9.94. The van der Waals surface area contributed by atoms with Crippen molar-refractivity contribution in [1.82, 2.24) is 5.32 Å². The molecule has 0 unspecified atom stereocenters. The predicted molar refractivity (Wildman–Crippen MR) is 68.0 cm³/mol. The molecule has 0 heterocycles. The maximum Gasteiger partial charge on any atom is 0.233 e. The first-order chi connectivity index (χ1) is 8.52. The summed E-state index contributed by atoms with van der Waals surface area (Å²) in [5, 5.41) is 4.97. The zero-order chi connectivity index (χ0) is 13.5. The molecule has 2 amide bonds. The lowest BCUT2D eigenvalue weighted by atomic mass is 10.3. The van der Waals surface area contributed by atoms with Gasteiger partial charge in [0.1, 0.15) is 12.2 Å². The van der Waals surface area contributed by atoms with E-state index in [4.69, 9.17) is 11.6 Å². The third-order valence-electron chi connectivity index (χ3n) is 2.10. The molecule has 1 aromatic carbocycles. The molecular weight excluding hydrogens is 259 g/mol. The fourth-order valence-corrected chi connectivity index (χ4v) is 1.43. The monoisotopic (exact) mass is 272 g/mol. The second-order valence-electron chi connectivity index (χ2n) is 3.70. The summed E-state index contributed by atoms with van der Waals surface area (Å²) in [6.07, 6.45) is 0.538. The summed E-state index contributed by atoms with van der Waals surface area (Å²) in [4.78, 5) is 22.7. The molecule has 0 aliphatic heterocycles. The van der Waals surface area contributed by atoms with E-state index in [1.54, 1.807) is 0 Å². The third kappa shape index (κ3) is 4.71. The fourth-order valence-electron chi connectivity index (χ4n) is 1.25. The van der Waals surface area contributed by atoms with Gasteiger partial charge < -0.3 is 10.6 Å². The summed E-state index contributed by atoms with van der Waals surface area (Å²) in [7, 11) is 0. The molecule has 4 nitrogen and oxygen atoms in total. The Kier molecular flexibility index (Phi) is 5.58. The Labute approximate surface area is 110 Å². The number of benzene rings is 1. The Morgan fingerprint density at radius 3 is 2.67 bits per heavy atom. The Balaban J connectivity index is 2.49. The Bertz CT molecular complexity index is 452. The van der Waals surface area contributed by atoms with Crippen molar-refractivity contribution < 1.29 is 14.0 Å². The number of carbonyl (C=O) groups is 2. The van der Waals surface area contributed by atoms with Crippen molar-refractivity contribution >= 4 is 29.1 Å². The molecule has 98 valence electrons. The smallest absolute Gasteiger partial charge is 0.233 e. The zero-order valence-electron chi connectivity index (χ0n) is 9.93. The predicted octanol–water partition coefficient (Wildman–Crippen LogP) is 2.33. The van der Waals surface area contributed by atoms with Crippen LogP contribution in [0.5, 0.6) is 0 Å². The SMILES string of the molecule is CCCNC(=O)CC(=O)Nc1ccc(F)c(Cl)c1. The lowest BCUT2D eigenvalue weighted by Gasteiger charge is -2.06. The molecule has 1 rings (SSSR count). The van der Waals surface area contributed by atoms with Gasteiger partial charge in [0.15, 0.2) is 0 Å². The molecule has 2 N–H and O–H groups in total. The van der Waals surface area contributed by atoms with Crippen LogP contribution in [0.1, 0.15) is 19.8 Å². The third-order valence-corrected chi connectivity index (χ3v) is 2.39. The van der Waals surface area contributed by atoms with Crippen LogP contribution in [0.15, 0.2) is 18.2 Å². The van der Waals surface area contributed by atoms with Crippen molar-refractivity contribution in [3.05, 3.63) is 29.0 Å². The van der Waals surface area contributed by atoms with Gasteiger partial charge in [0.25, 0.3) is 0 Å². The summed E-state index contributed by atoms with van der Waals surface area (Å²) in [6.45, 7) is 2.45.